The summed E-state index contributed by atoms with van der Waals surface area (Å²) in [7, 11) is 0. The Morgan fingerprint density at radius 2 is 2.10 bits per heavy atom. The topological polar surface area (TPSA) is 37.3 Å². The first kappa shape index (κ1) is 8.81. The van der Waals surface area contributed by atoms with Crippen molar-refractivity contribution in [1.29, 1.82) is 0 Å². The molecule has 0 fully saturated rings. The van der Waals surface area contributed by atoms with Gasteiger partial charge in [0, 0.05) is 12.0 Å². The number of aliphatic carboxylic acids is 1. The highest BCUT2D eigenvalue weighted by molar-refractivity contribution is 5.85. The van der Waals surface area contributed by atoms with E-state index in [-0.39, 0.29) is 12.0 Å². The quantitative estimate of drug-likeness (QED) is 0.619. The lowest BCUT2D eigenvalue weighted by atomic mass is 10.2. The molecular weight excluding hydrogens is 142 g/mol. The van der Waals surface area contributed by atoms with Crippen LogP contribution in [0, 0.1) is 0 Å². The van der Waals surface area contributed by atoms with Crippen LogP contribution in [0.4, 0.5) is 8.78 Å². The van der Waals surface area contributed by atoms with Gasteiger partial charge in [0.1, 0.15) is 0 Å². The number of carbonyl (C=O) groups is 1. The van der Waals surface area contributed by atoms with Crippen LogP contribution in [0.2, 0.25) is 0 Å². The number of allylic oxidation sites excluding steroid dienone is 1. The van der Waals surface area contributed by atoms with E-state index in [9.17, 15) is 13.6 Å². The van der Waals surface area contributed by atoms with Gasteiger partial charge >= 0.3 is 5.97 Å². The molecule has 0 aliphatic heterocycles. The van der Waals surface area contributed by atoms with E-state index in [1.54, 1.807) is 0 Å². The summed E-state index contributed by atoms with van der Waals surface area (Å²) in [6.07, 6.45) is -1.68. The minimum Gasteiger partial charge on any atom is -0.478 e. The summed E-state index contributed by atoms with van der Waals surface area (Å²) in [5.41, 5.74) is -0.243. The van der Waals surface area contributed by atoms with Gasteiger partial charge < -0.3 is 5.11 Å². The highest BCUT2D eigenvalue weighted by atomic mass is 19.3. The van der Waals surface area contributed by atoms with E-state index in [4.69, 9.17) is 5.11 Å². The van der Waals surface area contributed by atoms with E-state index in [1.807, 2.05) is 0 Å². The highest BCUT2D eigenvalue weighted by Gasteiger charge is 2.01. The summed E-state index contributed by atoms with van der Waals surface area (Å²) in [5.74, 6) is -1.25. The fourth-order valence-electron chi connectivity index (χ4n) is 0.288. The van der Waals surface area contributed by atoms with Gasteiger partial charge in [-0.1, -0.05) is 6.58 Å². The molecule has 2 nitrogen and oxygen atoms in total. The predicted octanol–water partition coefficient (Wildman–Crippen LogP) is 1.80. The van der Waals surface area contributed by atoms with Crippen LogP contribution >= 0.6 is 0 Å². The van der Waals surface area contributed by atoms with Gasteiger partial charge in [-0.15, -0.1) is 0 Å². The number of hydrogen-bond donors (Lipinski definition) is 1. The van der Waals surface area contributed by atoms with Gasteiger partial charge in [-0.25, -0.2) is 4.79 Å². The molecule has 0 bridgehead atoms. The molecule has 0 aromatic rings. The molecule has 0 aromatic heterocycles. The van der Waals surface area contributed by atoms with Crippen molar-refractivity contribution in [2.75, 3.05) is 0 Å². The average molecular weight is 148 g/mol. The molecule has 0 spiro atoms. The number of carboxylic acid groups (broad SMARTS) is 1. The minimum atomic E-state index is -1.89. The van der Waals surface area contributed by atoms with Crippen molar-refractivity contribution in [2.24, 2.45) is 0 Å². The van der Waals surface area contributed by atoms with Crippen molar-refractivity contribution >= 4 is 5.97 Å². The Balaban J connectivity index is 3.83. The van der Waals surface area contributed by atoms with Crippen LogP contribution in [0.1, 0.15) is 6.42 Å². The Labute approximate surface area is 56.5 Å². The second-order valence-corrected chi connectivity index (χ2v) is 1.61. The van der Waals surface area contributed by atoms with E-state index in [0.29, 0.717) is 6.08 Å². The fourth-order valence-corrected chi connectivity index (χ4v) is 0.288. The Kier molecular flexibility index (Phi) is 3.32. The molecule has 0 aromatic carbocycles. The van der Waals surface area contributed by atoms with E-state index in [0.717, 1.165) is 0 Å². The SMILES string of the molecule is C=C(CC=C(F)F)C(=O)O. The largest absolute Gasteiger partial charge is 0.478 e. The third-order valence-corrected chi connectivity index (χ3v) is 0.805. The fraction of sp³-hybridized carbons (Fsp3) is 0.167. The predicted molar refractivity (Wildman–Crippen MR) is 31.7 cm³/mol. The summed E-state index contributed by atoms with van der Waals surface area (Å²) in [6, 6.07) is 0. The number of halogens is 2. The van der Waals surface area contributed by atoms with E-state index in [1.165, 1.54) is 0 Å². The highest BCUT2D eigenvalue weighted by Crippen LogP contribution is 2.04. The molecule has 10 heavy (non-hydrogen) atoms. The first-order valence-electron chi connectivity index (χ1n) is 2.46. The van der Waals surface area contributed by atoms with Crippen LogP contribution in [-0.4, -0.2) is 11.1 Å². The minimum absolute atomic E-state index is 0.243. The van der Waals surface area contributed by atoms with Crippen molar-refractivity contribution in [1.82, 2.24) is 0 Å². The van der Waals surface area contributed by atoms with Crippen LogP contribution in [-0.2, 0) is 4.79 Å². The molecule has 0 atom stereocenters. The Bertz CT molecular complexity index is 180. The monoisotopic (exact) mass is 148 g/mol. The summed E-state index contributed by atoms with van der Waals surface area (Å²) in [6.45, 7) is 3.05. The maximum Gasteiger partial charge on any atom is 0.331 e. The Hall–Kier alpha value is -1.19. The maximum absolute atomic E-state index is 11.3. The zero-order valence-electron chi connectivity index (χ0n) is 5.10. The molecule has 1 N–H and O–H groups in total. The van der Waals surface area contributed by atoms with Crippen molar-refractivity contribution in [3.05, 3.63) is 24.3 Å². The lowest BCUT2D eigenvalue weighted by Gasteiger charge is -1.90. The van der Waals surface area contributed by atoms with Gasteiger partial charge in [0.05, 0.1) is 0 Å². The van der Waals surface area contributed by atoms with E-state index >= 15 is 0 Å². The van der Waals surface area contributed by atoms with Gasteiger partial charge in [0.2, 0.25) is 0 Å². The number of carboxylic acids is 1. The van der Waals surface area contributed by atoms with Crippen LogP contribution in [0.5, 0.6) is 0 Å². The molecule has 0 radical (unpaired) electrons. The van der Waals surface area contributed by atoms with Crippen molar-refractivity contribution in [3.8, 4) is 0 Å². The van der Waals surface area contributed by atoms with E-state index < -0.39 is 12.0 Å². The van der Waals surface area contributed by atoms with Gasteiger partial charge in [-0.2, -0.15) is 8.78 Å². The zero-order valence-corrected chi connectivity index (χ0v) is 5.10. The van der Waals surface area contributed by atoms with Gasteiger partial charge in [0.25, 0.3) is 6.08 Å². The van der Waals surface area contributed by atoms with Gasteiger partial charge in [-0.05, 0) is 6.08 Å². The average Bonchev–Trinajstić information content (AvgIpc) is 1.82. The smallest absolute Gasteiger partial charge is 0.331 e. The molecule has 0 rings (SSSR count). The molecule has 0 saturated carbocycles. The molecular formula is C6H6F2O2. The first-order chi connectivity index (χ1) is 4.54. The van der Waals surface area contributed by atoms with Crippen LogP contribution in [0.15, 0.2) is 24.3 Å². The molecule has 0 amide bonds. The number of rotatable bonds is 3. The van der Waals surface area contributed by atoms with Gasteiger partial charge in [0.15, 0.2) is 0 Å². The summed E-state index contributed by atoms with van der Waals surface area (Å²) < 4.78 is 22.6. The molecule has 0 heterocycles. The molecule has 0 aliphatic carbocycles. The third-order valence-electron chi connectivity index (χ3n) is 0.805. The molecule has 4 heteroatoms. The Morgan fingerprint density at radius 3 is 2.40 bits per heavy atom. The normalized spacial score (nSPS) is 8.60. The summed E-state index contributed by atoms with van der Waals surface area (Å²) in [4.78, 5) is 9.94. The maximum atomic E-state index is 11.3. The molecule has 0 aliphatic rings. The van der Waals surface area contributed by atoms with Crippen LogP contribution in [0.25, 0.3) is 0 Å². The van der Waals surface area contributed by atoms with Crippen molar-refractivity contribution < 1.29 is 18.7 Å². The molecule has 0 unspecified atom stereocenters. The van der Waals surface area contributed by atoms with Crippen LogP contribution in [0.3, 0.4) is 0 Å². The standard InChI is InChI=1S/C6H6F2O2/c1-4(6(9)10)2-3-5(7)8/h3H,1-2H2,(H,9,10). The van der Waals surface area contributed by atoms with E-state index in [2.05, 4.69) is 6.58 Å². The summed E-state index contributed by atoms with van der Waals surface area (Å²) >= 11 is 0. The third kappa shape index (κ3) is 3.77. The first-order valence-corrected chi connectivity index (χ1v) is 2.46. The van der Waals surface area contributed by atoms with Crippen LogP contribution < -0.4 is 0 Å². The summed E-state index contributed by atoms with van der Waals surface area (Å²) in [5, 5.41) is 8.12. The lowest BCUT2D eigenvalue weighted by molar-refractivity contribution is -0.132. The van der Waals surface area contributed by atoms with Gasteiger partial charge in [-0.3, -0.25) is 0 Å². The second kappa shape index (κ2) is 3.76. The number of hydrogen-bond acceptors (Lipinski definition) is 1. The van der Waals surface area contributed by atoms with Crippen molar-refractivity contribution in [2.45, 2.75) is 6.42 Å². The molecule has 56 valence electrons. The zero-order chi connectivity index (χ0) is 8.15. The van der Waals surface area contributed by atoms with Crippen molar-refractivity contribution in [3.63, 3.8) is 0 Å². The second-order valence-electron chi connectivity index (χ2n) is 1.61. The Morgan fingerprint density at radius 1 is 1.60 bits per heavy atom. The molecule has 0 saturated heterocycles. The lowest BCUT2D eigenvalue weighted by Crippen LogP contribution is -1.96.